The molecular weight excluding hydrogens is 637 g/mol. The number of amides is 4. The Balaban J connectivity index is 1.68. The van der Waals surface area contributed by atoms with Crippen LogP contribution in [0.25, 0.3) is 0 Å². The molecule has 6 N–H and O–H groups in total. The van der Waals surface area contributed by atoms with E-state index >= 15 is 0 Å². The second-order valence-corrected chi connectivity index (χ2v) is 13.1. The normalized spacial score (nSPS) is 13.4. The molecule has 254 valence electrons. The van der Waals surface area contributed by atoms with Gasteiger partial charge in [0.2, 0.25) is 5.91 Å². The SMILES string of the molecule is CC(C)c1nc(CN(C)C(=O)NC(CO)C(=O)NC(CCC(Cc2ccccc2)NC(=O)OC/C(S)=C/N)Cc2ccccc2)cs1. The fraction of sp³-hybridized carbons (Fsp3) is 0.412. The predicted octanol–water partition coefficient (Wildman–Crippen LogP) is 4.34. The Morgan fingerprint density at radius 2 is 1.55 bits per heavy atom. The van der Waals surface area contributed by atoms with Crippen LogP contribution in [0, 0.1) is 0 Å². The van der Waals surface area contributed by atoms with Crippen molar-refractivity contribution in [3.05, 3.63) is 99.0 Å². The van der Waals surface area contributed by atoms with Crippen LogP contribution in [0.15, 0.2) is 77.1 Å². The zero-order valence-corrected chi connectivity index (χ0v) is 28.8. The maximum Gasteiger partial charge on any atom is 0.407 e. The molecular formula is C34H46N6O5S2. The molecule has 0 spiro atoms. The second-order valence-electron chi connectivity index (χ2n) is 11.6. The summed E-state index contributed by atoms with van der Waals surface area (Å²) in [5, 5.41) is 21.6. The molecule has 0 aliphatic heterocycles. The molecule has 0 saturated carbocycles. The number of urea groups is 1. The second kappa shape index (κ2) is 19.6. The third-order valence-electron chi connectivity index (χ3n) is 7.33. The number of thiol groups is 1. The van der Waals surface area contributed by atoms with Gasteiger partial charge in [-0.1, -0.05) is 74.5 Å². The van der Waals surface area contributed by atoms with Crippen molar-refractivity contribution in [3.63, 3.8) is 0 Å². The van der Waals surface area contributed by atoms with Crippen molar-refractivity contribution >= 4 is 42.0 Å². The van der Waals surface area contributed by atoms with Gasteiger partial charge >= 0.3 is 12.1 Å². The van der Waals surface area contributed by atoms with Crippen LogP contribution < -0.4 is 21.7 Å². The van der Waals surface area contributed by atoms with E-state index in [9.17, 15) is 19.5 Å². The highest BCUT2D eigenvalue weighted by atomic mass is 32.1. The Kier molecular flexibility index (Phi) is 15.6. The van der Waals surface area contributed by atoms with Crippen molar-refractivity contribution in [3.8, 4) is 0 Å². The molecule has 0 aliphatic rings. The first-order valence-electron chi connectivity index (χ1n) is 15.6. The topological polar surface area (TPSA) is 159 Å². The van der Waals surface area contributed by atoms with E-state index in [1.807, 2.05) is 66.0 Å². The summed E-state index contributed by atoms with van der Waals surface area (Å²) in [5.41, 5.74) is 8.23. The molecule has 13 heteroatoms. The molecule has 3 aromatic rings. The van der Waals surface area contributed by atoms with Crippen molar-refractivity contribution in [1.29, 1.82) is 0 Å². The molecule has 3 unspecified atom stereocenters. The molecule has 47 heavy (non-hydrogen) atoms. The van der Waals surface area contributed by atoms with Gasteiger partial charge in [-0.2, -0.15) is 0 Å². The molecule has 3 rings (SSSR count). The van der Waals surface area contributed by atoms with E-state index < -0.39 is 30.7 Å². The Morgan fingerprint density at radius 3 is 2.06 bits per heavy atom. The van der Waals surface area contributed by atoms with Gasteiger partial charge in [0.05, 0.1) is 23.9 Å². The van der Waals surface area contributed by atoms with Crippen LogP contribution in [0.2, 0.25) is 0 Å². The highest BCUT2D eigenvalue weighted by Gasteiger charge is 2.26. The number of carbonyl (C=O) groups excluding carboxylic acids is 3. The smallest absolute Gasteiger partial charge is 0.407 e. The van der Waals surface area contributed by atoms with E-state index in [0.29, 0.717) is 30.6 Å². The van der Waals surface area contributed by atoms with Crippen molar-refractivity contribution in [2.24, 2.45) is 5.73 Å². The van der Waals surface area contributed by atoms with E-state index in [1.54, 1.807) is 18.4 Å². The number of aromatic nitrogens is 1. The summed E-state index contributed by atoms with van der Waals surface area (Å²) in [5.74, 6) is -0.217. The molecule has 2 aromatic carbocycles. The number of nitrogens with two attached hydrogens (primary N) is 1. The molecule has 4 amide bonds. The largest absolute Gasteiger partial charge is 0.444 e. The molecule has 0 aliphatic carbocycles. The van der Waals surface area contributed by atoms with Crippen molar-refractivity contribution in [1.82, 2.24) is 25.8 Å². The minimum atomic E-state index is -1.16. The average molecular weight is 683 g/mol. The first-order valence-corrected chi connectivity index (χ1v) is 16.9. The predicted molar refractivity (Wildman–Crippen MR) is 188 cm³/mol. The molecule has 0 radical (unpaired) electrons. The molecule has 0 bridgehead atoms. The number of nitrogens with zero attached hydrogens (tertiary/aromatic N) is 2. The highest BCUT2D eigenvalue weighted by molar-refractivity contribution is 7.84. The molecule has 11 nitrogen and oxygen atoms in total. The van der Waals surface area contributed by atoms with Gasteiger partial charge in [-0.3, -0.25) is 4.79 Å². The van der Waals surface area contributed by atoms with E-state index in [4.69, 9.17) is 10.5 Å². The van der Waals surface area contributed by atoms with E-state index in [1.165, 1.54) is 11.1 Å². The molecule has 0 fully saturated rings. The minimum Gasteiger partial charge on any atom is -0.444 e. The number of thiazole rings is 1. The van der Waals surface area contributed by atoms with Crippen LogP contribution in [0.4, 0.5) is 9.59 Å². The summed E-state index contributed by atoms with van der Waals surface area (Å²) < 4.78 is 5.26. The van der Waals surface area contributed by atoms with Crippen LogP contribution in [-0.2, 0) is 28.9 Å². The van der Waals surface area contributed by atoms with Crippen LogP contribution in [-0.4, -0.2) is 71.4 Å². The quantitative estimate of drug-likeness (QED) is 0.116. The number of hydrogen-bond donors (Lipinski definition) is 6. The maximum atomic E-state index is 13.4. The number of nitrogens with one attached hydrogen (secondary N) is 3. The first-order chi connectivity index (χ1) is 22.6. The number of aliphatic hydroxyl groups is 1. The van der Waals surface area contributed by atoms with E-state index in [2.05, 4.69) is 47.4 Å². The Bertz CT molecular complexity index is 1440. The number of aliphatic hydroxyl groups excluding tert-OH is 1. The van der Waals surface area contributed by atoms with Gasteiger partial charge in [0.1, 0.15) is 12.6 Å². The monoisotopic (exact) mass is 682 g/mol. The summed E-state index contributed by atoms with van der Waals surface area (Å²) in [6.45, 7) is 3.75. The van der Waals surface area contributed by atoms with Crippen LogP contribution in [0.5, 0.6) is 0 Å². The number of hydrogen-bond acceptors (Lipinski definition) is 9. The van der Waals surface area contributed by atoms with Crippen LogP contribution in [0.1, 0.15) is 54.4 Å². The lowest BCUT2D eigenvalue weighted by Gasteiger charge is -2.26. The Hall–Kier alpha value is -4.07. The third kappa shape index (κ3) is 13.3. The van der Waals surface area contributed by atoms with Crippen LogP contribution >= 0.6 is 24.0 Å². The molecule has 0 saturated heterocycles. The van der Waals surface area contributed by atoms with E-state index in [-0.39, 0.29) is 31.2 Å². The number of ether oxygens (including phenoxy) is 1. The molecule has 3 atom stereocenters. The van der Waals surface area contributed by atoms with Crippen LogP contribution in [0.3, 0.4) is 0 Å². The fourth-order valence-electron chi connectivity index (χ4n) is 4.78. The van der Waals surface area contributed by atoms with Gasteiger partial charge < -0.3 is 36.4 Å². The summed E-state index contributed by atoms with van der Waals surface area (Å²) >= 11 is 5.69. The maximum absolute atomic E-state index is 13.4. The number of benzene rings is 2. The molecule has 1 aromatic heterocycles. The lowest BCUT2D eigenvalue weighted by atomic mass is 9.96. The van der Waals surface area contributed by atoms with Gasteiger partial charge in [-0.15, -0.1) is 24.0 Å². The van der Waals surface area contributed by atoms with Crippen molar-refractivity contribution in [2.75, 3.05) is 20.3 Å². The minimum absolute atomic E-state index is 0.0532. The zero-order valence-electron chi connectivity index (χ0n) is 27.1. The lowest BCUT2D eigenvalue weighted by molar-refractivity contribution is -0.124. The summed E-state index contributed by atoms with van der Waals surface area (Å²) in [4.78, 5) is 45.5. The highest BCUT2D eigenvalue weighted by Crippen LogP contribution is 2.20. The number of alkyl carbamates (subject to hydrolysis) is 1. The van der Waals surface area contributed by atoms with Crippen molar-refractivity contribution in [2.45, 2.75) is 70.1 Å². The number of carbonyl (C=O) groups is 3. The molecule has 1 heterocycles. The summed E-state index contributed by atoms with van der Waals surface area (Å²) in [6, 6.07) is 17.1. The fourth-order valence-corrected chi connectivity index (χ4v) is 5.67. The van der Waals surface area contributed by atoms with Gasteiger partial charge in [-0.05, 0) is 36.8 Å². The zero-order chi connectivity index (χ0) is 34.2. The van der Waals surface area contributed by atoms with Gasteiger partial charge in [0.15, 0.2) is 0 Å². The van der Waals surface area contributed by atoms with Crippen molar-refractivity contribution < 1.29 is 24.2 Å². The Morgan fingerprint density at radius 1 is 0.979 bits per heavy atom. The third-order valence-corrected chi connectivity index (χ3v) is 8.80. The summed E-state index contributed by atoms with van der Waals surface area (Å²) in [6.07, 6.45) is 2.71. The number of rotatable bonds is 17. The summed E-state index contributed by atoms with van der Waals surface area (Å²) in [7, 11) is 1.61. The van der Waals surface area contributed by atoms with Gasteiger partial charge in [0.25, 0.3) is 0 Å². The van der Waals surface area contributed by atoms with Gasteiger partial charge in [0, 0.05) is 41.5 Å². The van der Waals surface area contributed by atoms with Gasteiger partial charge in [-0.25, -0.2) is 14.6 Å². The van der Waals surface area contributed by atoms with E-state index in [0.717, 1.165) is 21.8 Å². The standard InChI is InChI=1S/C34H46N6O5S2/c1-23(2)32-37-28(22-47-32)19-40(3)33(43)39-30(20-41)31(42)36-26(16-24-10-6-4-7-11-24)14-15-27(17-25-12-8-5-9-13-25)38-34(44)45-21-29(46)18-35/h4-13,18,22-23,26-27,30,41,46H,14-17,19-21,35H2,1-3H3,(H,36,42)(H,38,44)(H,39,43)/b29-18-. The first kappa shape index (κ1) is 37.4. The average Bonchev–Trinajstić information content (AvgIpc) is 3.54. The lowest BCUT2D eigenvalue weighted by Crippen LogP contribution is -2.54. The Labute approximate surface area is 286 Å².